The smallest absolute Gasteiger partial charge is 0.119 e. The number of anilines is 1. The summed E-state index contributed by atoms with van der Waals surface area (Å²) in [7, 11) is 5.50. The van der Waals surface area contributed by atoms with Crippen LogP contribution in [0.2, 0.25) is 0 Å². The van der Waals surface area contributed by atoms with Crippen molar-refractivity contribution in [3.05, 3.63) is 48.5 Å². The second-order valence-electron chi connectivity index (χ2n) is 7.39. The van der Waals surface area contributed by atoms with Crippen molar-refractivity contribution >= 4 is 16.6 Å². The molecular weight excluding hydrogens is 376 g/mol. The zero-order chi connectivity index (χ0) is 21.3. The van der Waals surface area contributed by atoms with Gasteiger partial charge in [0.25, 0.3) is 0 Å². The first-order chi connectivity index (χ1) is 14.6. The minimum absolute atomic E-state index is 0.738. The maximum atomic E-state index is 5.60. The Labute approximate surface area is 179 Å². The van der Waals surface area contributed by atoms with Gasteiger partial charge in [0.1, 0.15) is 11.5 Å². The van der Waals surface area contributed by atoms with Gasteiger partial charge in [0, 0.05) is 23.2 Å². The van der Waals surface area contributed by atoms with Crippen LogP contribution in [-0.4, -0.2) is 57.3 Å². The van der Waals surface area contributed by atoms with E-state index in [0.29, 0.717) is 0 Å². The van der Waals surface area contributed by atoms with Crippen LogP contribution < -0.4 is 20.5 Å². The molecule has 3 N–H and O–H groups in total. The van der Waals surface area contributed by atoms with Crippen LogP contribution in [0, 0.1) is 0 Å². The highest BCUT2D eigenvalue weighted by Gasteiger charge is 2.09. The maximum Gasteiger partial charge on any atom is 0.119 e. The molecule has 160 valence electrons. The SMILES string of the molecule is COc1ccc(-c2cc(NCCCN(C)CCCN)c3cc(OC)ccc3n2)cc1. The first-order valence-corrected chi connectivity index (χ1v) is 10.4. The summed E-state index contributed by atoms with van der Waals surface area (Å²) in [4.78, 5) is 7.20. The van der Waals surface area contributed by atoms with Gasteiger partial charge in [-0.05, 0) is 88.1 Å². The molecule has 6 heteroatoms. The summed E-state index contributed by atoms with van der Waals surface area (Å²) in [5, 5.41) is 4.67. The molecule has 0 aliphatic heterocycles. The third kappa shape index (κ3) is 5.62. The van der Waals surface area contributed by atoms with E-state index in [1.807, 2.05) is 42.5 Å². The number of fused-ring (bicyclic) bond motifs is 1. The molecule has 0 fully saturated rings. The lowest BCUT2D eigenvalue weighted by Gasteiger charge is -2.17. The van der Waals surface area contributed by atoms with Gasteiger partial charge in [-0.25, -0.2) is 4.98 Å². The summed E-state index contributed by atoms with van der Waals surface area (Å²) in [6.45, 7) is 3.69. The van der Waals surface area contributed by atoms with E-state index in [-0.39, 0.29) is 0 Å². The quantitative estimate of drug-likeness (QED) is 0.467. The minimum atomic E-state index is 0.738. The number of pyridine rings is 1. The number of nitrogens with zero attached hydrogens (tertiary/aromatic N) is 2. The number of ether oxygens (including phenoxy) is 2. The predicted molar refractivity (Wildman–Crippen MR) is 125 cm³/mol. The van der Waals surface area contributed by atoms with Gasteiger partial charge in [-0.1, -0.05) is 0 Å². The van der Waals surface area contributed by atoms with Crippen LogP contribution in [0.3, 0.4) is 0 Å². The Morgan fingerprint density at radius 3 is 2.33 bits per heavy atom. The standard InChI is InChI=1S/C24H32N4O2/c1-28(14-4-12-25)15-5-13-26-24-17-23(18-6-8-19(29-2)9-7-18)27-22-11-10-20(30-3)16-21(22)24/h6-11,16-17H,4-5,12-15,25H2,1-3H3,(H,26,27). The lowest BCUT2D eigenvalue weighted by molar-refractivity contribution is 0.330. The average molecular weight is 409 g/mol. The van der Waals surface area contributed by atoms with Crippen LogP contribution in [-0.2, 0) is 0 Å². The van der Waals surface area contributed by atoms with Gasteiger partial charge in [-0.2, -0.15) is 0 Å². The first kappa shape index (κ1) is 21.9. The zero-order valence-corrected chi connectivity index (χ0v) is 18.1. The molecule has 1 aromatic heterocycles. The van der Waals surface area contributed by atoms with Crippen molar-refractivity contribution in [1.82, 2.24) is 9.88 Å². The molecule has 0 atom stereocenters. The molecule has 0 saturated carbocycles. The molecule has 3 aromatic rings. The van der Waals surface area contributed by atoms with Gasteiger partial charge >= 0.3 is 0 Å². The molecule has 3 rings (SSSR count). The molecule has 1 heterocycles. The number of benzene rings is 2. The number of nitrogens with one attached hydrogen (secondary N) is 1. The molecule has 0 unspecified atom stereocenters. The van der Waals surface area contributed by atoms with E-state index >= 15 is 0 Å². The molecular formula is C24H32N4O2. The highest BCUT2D eigenvalue weighted by atomic mass is 16.5. The maximum absolute atomic E-state index is 5.60. The van der Waals surface area contributed by atoms with E-state index in [0.717, 1.165) is 78.4 Å². The lowest BCUT2D eigenvalue weighted by Crippen LogP contribution is -2.24. The fraction of sp³-hybridized carbons (Fsp3) is 0.375. The number of hydrogen-bond donors (Lipinski definition) is 2. The summed E-state index contributed by atoms with van der Waals surface area (Å²) >= 11 is 0. The Bertz CT molecular complexity index is 944. The third-order valence-corrected chi connectivity index (χ3v) is 5.18. The van der Waals surface area contributed by atoms with E-state index in [4.69, 9.17) is 20.2 Å². The van der Waals surface area contributed by atoms with Crippen molar-refractivity contribution in [2.24, 2.45) is 5.73 Å². The number of aromatic nitrogens is 1. The van der Waals surface area contributed by atoms with E-state index in [2.05, 4.69) is 23.3 Å². The minimum Gasteiger partial charge on any atom is -0.497 e. The highest BCUT2D eigenvalue weighted by Crippen LogP contribution is 2.31. The van der Waals surface area contributed by atoms with Crippen LogP contribution in [0.25, 0.3) is 22.2 Å². The van der Waals surface area contributed by atoms with Crippen LogP contribution in [0.15, 0.2) is 48.5 Å². The van der Waals surface area contributed by atoms with Crippen molar-refractivity contribution in [3.63, 3.8) is 0 Å². The predicted octanol–water partition coefficient (Wildman–Crippen LogP) is 4.00. The van der Waals surface area contributed by atoms with E-state index in [1.54, 1.807) is 14.2 Å². The van der Waals surface area contributed by atoms with Crippen molar-refractivity contribution in [1.29, 1.82) is 0 Å². The Morgan fingerprint density at radius 1 is 0.933 bits per heavy atom. The summed E-state index contributed by atoms with van der Waals surface area (Å²) in [5.74, 6) is 1.66. The highest BCUT2D eigenvalue weighted by molar-refractivity contribution is 5.94. The monoisotopic (exact) mass is 408 g/mol. The van der Waals surface area contributed by atoms with E-state index < -0.39 is 0 Å². The first-order valence-electron chi connectivity index (χ1n) is 10.4. The summed E-state index contributed by atoms with van der Waals surface area (Å²) in [5.41, 5.74) is 9.58. The average Bonchev–Trinajstić information content (AvgIpc) is 2.79. The lowest BCUT2D eigenvalue weighted by atomic mass is 10.1. The molecule has 0 saturated heterocycles. The second-order valence-corrected chi connectivity index (χ2v) is 7.39. The van der Waals surface area contributed by atoms with Crippen molar-refractivity contribution in [2.75, 3.05) is 52.8 Å². The summed E-state index contributed by atoms with van der Waals surface area (Å²) in [6, 6.07) is 16.1. The fourth-order valence-electron chi connectivity index (χ4n) is 3.43. The van der Waals surface area contributed by atoms with Gasteiger partial charge in [0.2, 0.25) is 0 Å². The molecule has 0 bridgehead atoms. The van der Waals surface area contributed by atoms with Crippen molar-refractivity contribution in [2.45, 2.75) is 12.8 Å². The third-order valence-electron chi connectivity index (χ3n) is 5.18. The van der Waals surface area contributed by atoms with Gasteiger partial charge in [0.05, 0.1) is 25.4 Å². The normalized spacial score (nSPS) is 11.1. The largest absolute Gasteiger partial charge is 0.497 e. The van der Waals surface area contributed by atoms with E-state index in [1.165, 1.54) is 0 Å². The Hall–Kier alpha value is -2.83. The molecule has 0 amide bonds. The molecule has 6 nitrogen and oxygen atoms in total. The Balaban J connectivity index is 1.82. The van der Waals surface area contributed by atoms with Crippen molar-refractivity contribution < 1.29 is 9.47 Å². The topological polar surface area (TPSA) is 72.6 Å². The second kappa shape index (κ2) is 10.8. The molecule has 2 aromatic carbocycles. The Morgan fingerprint density at radius 2 is 1.63 bits per heavy atom. The van der Waals surface area contributed by atoms with Crippen LogP contribution in [0.1, 0.15) is 12.8 Å². The van der Waals surface area contributed by atoms with E-state index in [9.17, 15) is 0 Å². The van der Waals surface area contributed by atoms with Gasteiger partial charge in [-0.15, -0.1) is 0 Å². The van der Waals surface area contributed by atoms with Crippen LogP contribution in [0.4, 0.5) is 5.69 Å². The summed E-state index contributed by atoms with van der Waals surface area (Å²) in [6.07, 6.45) is 2.08. The molecule has 0 radical (unpaired) electrons. The summed E-state index contributed by atoms with van der Waals surface area (Å²) < 4.78 is 10.7. The fourth-order valence-corrected chi connectivity index (χ4v) is 3.43. The molecule has 0 spiro atoms. The molecule has 0 aliphatic carbocycles. The molecule has 0 aliphatic rings. The van der Waals surface area contributed by atoms with Gasteiger partial charge in [-0.3, -0.25) is 0 Å². The number of methoxy groups -OCH3 is 2. The zero-order valence-electron chi connectivity index (χ0n) is 18.1. The van der Waals surface area contributed by atoms with Gasteiger partial charge < -0.3 is 25.4 Å². The number of nitrogens with two attached hydrogens (primary N) is 1. The molecule has 30 heavy (non-hydrogen) atoms. The van der Waals surface area contributed by atoms with Crippen molar-refractivity contribution in [3.8, 4) is 22.8 Å². The van der Waals surface area contributed by atoms with Gasteiger partial charge in [0.15, 0.2) is 0 Å². The number of hydrogen-bond acceptors (Lipinski definition) is 6. The number of rotatable bonds is 11. The van der Waals surface area contributed by atoms with Crippen LogP contribution in [0.5, 0.6) is 11.5 Å². The Kier molecular flexibility index (Phi) is 7.88. The van der Waals surface area contributed by atoms with Crippen LogP contribution >= 0.6 is 0 Å².